The number of nitroso groups, excluding NO2 is 1. The number of nitrogens with zero attached hydrogens (tertiary/aromatic N) is 1. The maximum atomic E-state index is 10.2. The monoisotopic (exact) mass is 259 g/mol. The van der Waals surface area contributed by atoms with Gasteiger partial charge in [0.05, 0.1) is 0 Å². The van der Waals surface area contributed by atoms with Crippen molar-refractivity contribution in [3.05, 3.63) is 58.7 Å². The van der Waals surface area contributed by atoms with Crippen LogP contribution in [0.15, 0.2) is 53.4 Å². The fraction of sp³-hybridized carbons (Fsp3) is 0.333. The van der Waals surface area contributed by atoms with E-state index >= 15 is 0 Å². The Bertz CT molecular complexity index is 491. The number of benzene rings is 1. The summed E-state index contributed by atoms with van der Waals surface area (Å²) >= 11 is 0. The molecule has 19 heavy (non-hydrogen) atoms. The lowest BCUT2D eigenvalue weighted by Gasteiger charge is -2.15. The molecule has 2 atom stereocenters. The first kappa shape index (κ1) is 13.3. The van der Waals surface area contributed by atoms with Crippen LogP contribution in [0.2, 0.25) is 0 Å². The van der Waals surface area contributed by atoms with E-state index in [-0.39, 0.29) is 6.04 Å². The molecule has 0 saturated heterocycles. The van der Waals surface area contributed by atoms with Gasteiger partial charge in [0, 0.05) is 5.92 Å². The second-order valence-corrected chi connectivity index (χ2v) is 4.66. The van der Waals surface area contributed by atoms with Crippen molar-refractivity contribution in [2.24, 2.45) is 5.18 Å². The minimum absolute atomic E-state index is 0.292. The van der Waals surface area contributed by atoms with E-state index in [1.165, 1.54) is 5.56 Å². The summed E-state index contributed by atoms with van der Waals surface area (Å²) < 4.78 is 5.45. The summed E-state index contributed by atoms with van der Waals surface area (Å²) in [6.45, 7) is 2.01. The number of hydrogen-bond donors (Lipinski definition) is 1. The van der Waals surface area contributed by atoms with Gasteiger partial charge in [0.25, 0.3) is 0 Å². The van der Waals surface area contributed by atoms with Crippen molar-refractivity contribution < 1.29 is 9.84 Å². The predicted octanol–water partition coefficient (Wildman–Crippen LogP) is 3.71. The summed E-state index contributed by atoms with van der Waals surface area (Å²) in [5.41, 5.74) is 1.17. The number of ether oxygens (including phenoxy) is 1. The topological polar surface area (TPSA) is 58.9 Å². The van der Waals surface area contributed by atoms with Crippen LogP contribution in [-0.4, -0.2) is 17.8 Å². The van der Waals surface area contributed by atoms with Crippen LogP contribution < -0.4 is 4.74 Å². The second kappa shape index (κ2) is 6.18. The van der Waals surface area contributed by atoms with Gasteiger partial charge in [-0.05, 0) is 43.2 Å². The molecular formula is C15H17NO3. The van der Waals surface area contributed by atoms with E-state index in [1.807, 2.05) is 36.4 Å². The standard InChI is InChI=1S/C15H17NO3/c1-11(16-18)10-19-15-8-4-13(5-9-15)12-2-6-14(17)7-3-12/h2,4-9,11-12,17H,3,10H2,1H3. The molecule has 0 aromatic heterocycles. The third kappa shape index (κ3) is 3.68. The Morgan fingerprint density at radius 3 is 2.74 bits per heavy atom. The Kier molecular flexibility index (Phi) is 4.34. The molecular weight excluding hydrogens is 242 g/mol. The van der Waals surface area contributed by atoms with Gasteiger partial charge in [-0.3, -0.25) is 0 Å². The highest BCUT2D eigenvalue weighted by atomic mass is 16.5. The Balaban J connectivity index is 1.95. The molecule has 2 unspecified atom stereocenters. The Hall–Kier alpha value is -2.10. The highest BCUT2D eigenvalue weighted by Gasteiger charge is 2.11. The summed E-state index contributed by atoms with van der Waals surface area (Å²) in [4.78, 5) is 10.2. The van der Waals surface area contributed by atoms with Crippen LogP contribution in [0.5, 0.6) is 5.75 Å². The van der Waals surface area contributed by atoms with Gasteiger partial charge in [-0.1, -0.05) is 23.4 Å². The van der Waals surface area contributed by atoms with Gasteiger partial charge in [-0.15, -0.1) is 0 Å². The molecule has 0 saturated carbocycles. The Labute approximate surface area is 112 Å². The van der Waals surface area contributed by atoms with E-state index in [0.717, 1.165) is 12.2 Å². The molecule has 1 aliphatic carbocycles. The third-order valence-electron chi connectivity index (χ3n) is 3.06. The first-order valence-electron chi connectivity index (χ1n) is 6.31. The molecule has 0 radical (unpaired) electrons. The average Bonchev–Trinajstić information content (AvgIpc) is 2.46. The fourth-order valence-corrected chi connectivity index (χ4v) is 1.91. The first-order chi connectivity index (χ1) is 9.19. The number of aliphatic hydroxyl groups is 1. The summed E-state index contributed by atoms with van der Waals surface area (Å²) in [6.07, 6.45) is 6.32. The van der Waals surface area contributed by atoms with E-state index < -0.39 is 0 Å². The van der Waals surface area contributed by atoms with Gasteiger partial charge in [0.2, 0.25) is 0 Å². The van der Waals surface area contributed by atoms with Crippen molar-refractivity contribution in [2.45, 2.75) is 25.3 Å². The molecule has 0 aliphatic heterocycles. The van der Waals surface area contributed by atoms with E-state index in [1.54, 1.807) is 13.0 Å². The summed E-state index contributed by atoms with van der Waals surface area (Å²) in [6, 6.07) is 7.44. The molecule has 1 aromatic carbocycles. The summed E-state index contributed by atoms with van der Waals surface area (Å²) in [5, 5.41) is 12.2. The average molecular weight is 259 g/mol. The predicted molar refractivity (Wildman–Crippen MR) is 74.4 cm³/mol. The first-order valence-corrected chi connectivity index (χ1v) is 6.31. The molecule has 1 aromatic rings. The largest absolute Gasteiger partial charge is 0.508 e. The lowest BCUT2D eigenvalue weighted by Crippen LogP contribution is -2.10. The smallest absolute Gasteiger partial charge is 0.123 e. The molecule has 1 aliphatic rings. The zero-order valence-corrected chi connectivity index (χ0v) is 10.8. The van der Waals surface area contributed by atoms with Gasteiger partial charge in [-0.25, -0.2) is 0 Å². The minimum atomic E-state index is -0.339. The van der Waals surface area contributed by atoms with E-state index in [2.05, 4.69) is 5.18 Å². The zero-order chi connectivity index (χ0) is 13.7. The number of rotatable bonds is 5. The van der Waals surface area contributed by atoms with Crippen LogP contribution in [0, 0.1) is 4.91 Å². The second-order valence-electron chi connectivity index (χ2n) is 4.66. The molecule has 0 heterocycles. The van der Waals surface area contributed by atoms with Gasteiger partial charge in [0.1, 0.15) is 24.2 Å². The molecule has 2 rings (SSSR count). The van der Waals surface area contributed by atoms with Crippen LogP contribution in [0.4, 0.5) is 0 Å². The number of aliphatic hydroxyl groups excluding tert-OH is 1. The van der Waals surface area contributed by atoms with Crippen molar-refractivity contribution in [3.63, 3.8) is 0 Å². The van der Waals surface area contributed by atoms with Crippen LogP contribution in [0.1, 0.15) is 24.8 Å². The summed E-state index contributed by atoms with van der Waals surface area (Å²) in [5.74, 6) is 1.35. The highest BCUT2D eigenvalue weighted by Crippen LogP contribution is 2.27. The Morgan fingerprint density at radius 2 is 2.16 bits per heavy atom. The maximum absolute atomic E-state index is 10.2. The van der Waals surface area contributed by atoms with Gasteiger partial charge in [-0.2, -0.15) is 4.91 Å². The van der Waals surface area contributed by atoms with Gasteiger partial charge >= 0.3 is 0 Å². The lowest BCUT2D eigenvalue weighted by molar-refractivity contribution is 0.296. The third-order valence-corrected chi connectivity index (χ3v) is 3.06. The van der Waals surface area contributed by atoms with Crippen molar-refractivity contribution in [1.29, 1.82) is 0 Å². The van der Waals surface area contributed by atoms with Gasteiger partial charge in [0.15, 0.2) is 0 Å². The number of hydrogen-bond acceptors (Lipinski definition) is 4. The van der Waals surface area contributed by atoms with Crippen molar-refractivity contribution in [1.82, 2.24) is 0 Å². The molecule has 4 nitrogen and oxygen atoms in total. The molecule has 100 valence electrons. The SMILES string of the molecule is CC(COc1ccc(C2C=CC(O)=CC2)cc1)N=O. The molecule has 1 N–H and O–H groups in total. The molecule has 0 fully saturated rings. The fourth-order valence-electron chi connectivity index (χ4n) is 1.91. The van der Waals surface area contributed by atoms with Crippen molar-refractivity contribution in [3.8, 4) is 5.75 Å². The zero-order valence-electron chi connectivity index (χ0n) is 10.8. The van der Waals surface area contributed by atoms with E-state index in [9.17, 15) is 10.0 Å². The lowest BCUT2D eigenvalue weighted by atomic mass is 9.92. The minimum Gasteiger partial charge on any atom is -0.508 e. The number of allylic oxidation sites excluding steroid dienone is 3. The van der Waals surface area contributed by atoms with Crippen molar-refractivity contribution >= 4 is 0 Å². The normalized spacial score (nSPS) is 19.6. The summed E-state index contributed by atoms with van der Waals surface area (Å²) in [7, 11) is 0. The van der Waals surface area contributed by atoms with Gasteiger partial charge < -0.3 is 9.84 Å². The van der Waals surface area contributed by atoms with Crippen LogP contribution in [0.3, 0.4) is 0 Å². The molecule has 0 bridgehead atoms. The van der Waals surface area contributed by atoms with Crippen molar-refractivity contribution in [2.75, 3.05) is 6.61 Å². The van der Waals surface area contributed by atoms with Crippen LogP contribution >= 0.6 is 0 Å². The van der Waals surface area contributed by atoms with Crippen LogP contribution in [0.25, 0.3) is 0 Å². The highest BCUT2D eigenvalue weighted by molar-refractivity contribution is 5.34. The maximum Gasteiger partial charge on any atom is 0.123 e. The molecule has 0 spiro atoms. The van der Waals surface area contributed by atoms with Crippen LogP contribution in [-0.2, 0) is 0 Å². The van der Waals surface area contributed by atoms with E-state index in [4.69, 9.17) is 4.74 Å². The molecule has 4 heteroatoms. The quantitative estimate of drug-likeness (QED) is 0.820. The Morgan fingerprint density at radius 1 is 1.42 bits per heavy atom. The molecule has 0 amide bonds. The van der Waals surface area contributed by atoms with E-state index in [0.29, 0.717) is 18.3 Å².